The molecule has 2 rings (SSSR count). The van der Waals surface area contributed by atoms with E-state index in [-0.39, 0.29) is 12.1 Å². The van der Waals surface area contributed by atoms with Crippen molar-refractivity contribution < 1.29 is 22.5 Å². The number of rotatable bonds is 4. The molecule has 0 heterocycles. The van der Waals surface area contributed by atoms with Gasteiger partial charge in [-0.3, -0.25) is 10.1 Å². The number of nitro groups is 1. The molecular formula is C13H8F4N2O2. The molecule has 0 atom stereocenters. The van der Waals surface area contributed by atoms with E-state index < -0.39 is 39.6 Å². The molecule has 0 fully saturated rings. The third kappa shape index (κ3) is 3.10. The molecule has 0 radical (unpaired) electrons. The first-order chi connectivity index (χ1) is 9.90. The lowest BCUT2D eigenvalue weighted by atomic mass is 10.2. The zero-order valence-electron chi connectivity index (χ0n) is 10.4. The van der Waals surface area contributed by atoms with E-state index in [1.54, 1.807) is 0 Å². The second-order valence-corrected chi connectivity index (χ2v) is 4.12. The molecule has 2 aromatic rings. The number of hydrogen-bond acceptors (Lipinski definition) is 3. The largest absolute Gasteiger partial charge is 0.373 e. The number of nitrogens with one attached hydrogen (secondary N) is 1. The monoisotopic (exact) mass is 300 g/mol. The van der Waals surface area contributed by atoms with Gasteiger partial charge in [-0.25, -0.2) is 17.6 Å². The van der Waals surface area contributed by atoms with Crippen LogP contribution in [0.25, 0.3) is 0 Å². The minimum absolute atomic E-state index is 0.0241. The number of anilines is 1. The molecule has 0 bridgehead atoms. The fraction of sp³-hybridized carbons (Fsp3) is 0.0769. The number of benzene rings is 2. The molecule has 0 spiro atoms. The molecule has 4 nitrogen and oxygen atoms in total. The molecule has 0 saturated carbocycles. The van der Waals surface area contributed by atoms with Gasteiger partial charge >= 0.3 is 0 Å². The summed E-state index contributed by atoms with van der Waals surface area (Å²) in [4.78, 5) is 9.97. The molecule has 0 aromatic heterocycles. The molecular weight excluding hydrogens is 292 g/mol. The summed E-state index contributed by atoms with van der Waals surface area (Å²) in [6.45, 7) is -0.310. The summed E-state index contributed by atoms with van der Waals surface area (Å²) >= 11 is 0. The Morgan fingerprint density at radius 2 is 1.67 bits per heavy atom. The van der Waals surface area contributed by atoms with Gasteiger partial charge in [0, 0.05) is 12.6 Å². The van der Waals surface area contributed by atoms with Crippen molar-refractivity contribution in [3.8, 4) is 0 Å². The van der Waals surface area contributed by atoms with Crippen LogP contribution < -0.4 is 5.32 Å². The normalized spacial score (nSPS) is 10.5. The minimum atomic E-state index is -1.62. The third-order valence-electron chi connectivity index (χ3n) is 2.70. The summed E-state index contributed by atoms with van der Waals surface area (Å²) < 4.78 is 52.4. The van der Waals surface area contributed by atoms with Crippen molar-refractivity contribution in [1.29, 1.82) is 0 Å². The Bertz CT molecular complexity index is 684. The molecule has 0 aliphatic carbocycles. The number of nitro benzene ring substituents is 1. The van der Waals surface area contributed by atoms with Crippen LogP contribution in [0.4, 0.5) is 28.9 Å². The smallest absolute Gasteiger partial charge is 0.295 e. The van der Waals surface area contributed by atoms with E-state index in [4.69, 9.17) is 0 Å². The van der Waals surface area contributed by atoms with Gasteiger partial charge in [-0.1, -0.05) is 6.07 Å². The van der Waals surface area contributed by atoms with Crippen molar-refractivity contribution in [2.75, 3.05) is 5.32 Å². The van der Waals surface area contributed by atoms with Crippen molar-refractivity contribution in [3.63, 3.8) is 0 Å². The molecule has 0 saturated heterocycles. The summed E-state index contributed by atoms with van der Waals surface area (Å²) in [5.41, 5.74) is -0.949. The van der Waals surface area contributed by atoms with E-state index in [9.17, 15) is 27.7 Å². The highest BCUT2D eigenvalue weighted by Gasteiger charge is 2.18. The van der Waals surface area contributed by atoms with Crippen molar-refractivity contribution in [2.24, 2.45) is 0 Å². The standard InChI is InChI=1S/C13H8F4N2O2/c14-8-2-1-3-11(19(20)21)13(8)18-6-7-4-9(15)12(17)10(16)5-7/h1-5,18H,6H2. The van der Waals surface area contributed by atoms with Gasteiger partial charge in [0.25, 0.3) is 5.69 Å². The van der Waals surface area contributed by atoms with Gasteiger partial charge in [-0.15, -0.1) is 0 Å². The highest BCUT2D eigenvalue weighted by molar-refractivity contribution is 5.62. The van der Waals surface area contributed by atoms with Gasteiger partial charge in [0.1, 0.15) is 5.69 Å². The van der Waals surface area contributed by atoms with E-state index in [2.05, 4.69) is 5.32 Å². The van der Waals surface area contributed by atoms with Crippen molar-refractivity contribution in [1.82, 2.24) is 0 Å². The van der Waals surface area contributed by atoms with Gasteiger partial charge in [-0.2, -0.15) is 0 Å². The second-order valence-electron chi connectivity index (χ2n) is 4.12. The molecule has 8 heteroatoms. The first kappa shape index (κ1) is 14.8. The van der Waals surface area contributed by atoms with Gasteiger partial charge in [0.15, 0.2) is 23.3 Å². The highest BCUT2D eigenvalue weighted by Crippen LogP contribution is 2.27. The van der Waals surface area contributed by atoms with Crippen molar-refractivity contribution in [2.45, 2.75) is 6.54 Å². The average molecular weight is 300 g/mol. The first-order valence-electron chi connectivity index (χ1n) is 5.70. The Balaban J connectivity index is 2.27. The fourth-order valence-electron chi connectivity index (χ4n) is 1.74. The Morgan fingerprint density at radius 1 is 1.05 bits per heavy atom. The molecule has 1 N–H and O–H groups in total. The zero-order chi connectivity index (χ0) is 15.6. The van der Waals surface area contributed by atoms with E-state index >= 15 is 0 Å². The summed E-state index contributed by atoms with van der Waals surface area (Å²) in [6.07, 6.45) is 0. The maximum absolute atomic E-state index is 13.6. The van der Waals surface area contributed by atoms with Crippen LogP contribution in [0.15, 0.2) is 30.3 Å². The maximum atomic E-state index is 13.6. The van der Waals surface area contributed by atoms with Crippen LogP contribution in [0.5, 0.6) is 0 Å². The lowest BCUT2D eigenvalue weighted by molar-refractivity contribution is -0.384. The topological polar surface area (TPSA) is 55.2 Å². The number of hydrogen-bond donors (Lipinski definition) is 1. The fourth-order valence-corrected chi connectivity index (χ4v) is 1.74. The van der Waals surface area contributed by atoms with Crippen molar-refractivity contribution in [3.05, 3.63) is 69.3 Å². The lowest BCUT2D eigenvalue weighted by Gasteiger charge is -2.09. The predicted octanol–water partition coefficient (Wildman–Crippen LogP) is 3.76. The van der Waals surface area contributed by atoms with Gasteiger partial charge < -0.3 is 5.32 Å². The van der Waals surface area contributed by atoms with E-state index in [0.29, 0.717) is 0 Å². The predicted molar refractivity (Wildman–Crippen MR) is 66.7 cm³/mol. The first-order valence-corrected chi connectivity index (χ1v) is 5.70. The zero-order valence-corrected chi connectivity index (χ0v) is 10.4. The van der Waals surface area contributed by atoms with Gasteiger partial charge in [0.05, 0.1) is 4.92 Å². The average Bonchev–Trinajstić information content (AvgIpc) is 2.42. The van der Waals surface area contributed by atoms with Crippen LogP contribution in [0.3, 0.4) is 0 Å². The Labute approximate surface area is 116 Å². The Hall–Kier alpha value is -2.64. The molecule has 110 valence electrons. The molecule has 0 aliphatic heterocycles. The Kier molecular flexibility index (Phi) is 4.06. The number of halogens is 4. The molecule has 2 aromatic carbocycles. The summed E-state index contributed by atoms with van der Waals surface area (Å²) in [5, 5.41) is 13.1. The van der Waals surface area contributed by atoms with Crippen LogP contribution in [0.2, 0.25) is 0 Å². The second kappa shape index (κ2) is 5.78. The van der Waals surface area contributed by atoms with Crippen LogP contribution >= 0.6 is 0 Å². The lowest BCUT2D eigenvalue weighted by Crippen LogP contribution is -2.06. The van der Waals surface area contributed by atoms with Crippen molar-refractivity contribution >= 4 is 11.4 Å². The Morgan fingerprint density at radius 3 is 2.24 bits per heavy atom. The van der Waals surface area contributed by atoms with Crippen LogP contribution in [0.1, 0.15) is 5.56 Å². The quantitative estimate of drug-likeness (QED) is 0.405. The SMILES string of the molecule is O=[N+]([O-])c1cccc(F)c1NCc1cc(F)c(F)c(F)c1. The summed E-state index contributed by atoms with van der Waals surface area (Å²) in [5.74, 6) is -5.28. The third-order valence-corrected chi connectivity index (χ3v) is 2.70. The molecule has 0 amide bonds. The highest BCUT2D eigenvalue weighted by atomic mass is 19.2. The molecule has 0 unspecified atom stereocenters. The van der Waals surface area contributed by atoms with E-state index in [1.165, 1.54) is 0 Å². The minimum Gasteiger partial charge on any atom is -0.373 e. The van der Waals surface area contributed by atoms with E-state index in [0.717, 1.165) is 30.3 Å². The number of nitrogens with zero attached hydrogens (tertiary/aromatic N) is 1. The van der Waals surface area contributed by atoms with Crippen LogP contribution in [-0.2, 0) is 6.54 Å². The number of para-hydroxylation sites is 1. The summed E-state index contributed by atoms with van der Waals surface area (Å²) in [7, 11) is 0. The molecule has 21 heavy (non-hydrogen) atoms. The van der Waals surface area contributed by atoms with Gasteiger partial charge in [0.2, 0.25) is 0 Å². The molecule has 0 aliphatic rings. The van der Waals surface area contributed by atoms with Gasteiger partial charge in [-0.05, 0) is 23.8 Å². The van der Waals surface area contributed by atoms with Crippen LogP contribution in [-0.4, -0.2) is 4.92 Å². The van der Waals surface area contributed by atoms with E-state index in [1.807, 2.05) is 0 Å². The summed E-state index contributed by atoms with van der Waals surface area (Å²) in [6, 6.07) is 4.68. The maximum Gasteiger partial charge on any atom is 0.295 e. The van der Waals surface area contributed by atoms with Crippen LogP contribution in [0, 0.1) is 33.4 Å².